The molecule has 0 unspecified atom stereocenters. The lowest BCUT2D eigenvalue weighted by Crippen LogP contribution is -2.48. The Morgan fingerprint density at radius 2 is 1.69 bits per heavy atom. The summed E-state index contributed by atoms with van der Waals surface area (Å²) in [5, 5.41) is 12.5. The van der Waals surface area contributed by atoms with Crippen molar-refractivity contribution in [3.8, 4) is 17.2 Å². The molecule has 1 aliphatic heterocycles. The van der Waals surface area contributed by atoms with Crippen LogP contribution in [-0.4, -0.2) is 65.9 Å². The Kier molecular flexibility index (Phi) is 11.0. The summed E-state index contributed by atoms with van der Waals surface area (Å²) in [4.78, 5) is 27.0. The second-order valence-corrected chi connectivity index (χ2v) is 12.5. The monoisotopic (exact) mass is 620 g/mol. The van der Waals surface area contributed by atoms with Crippen LogP contribution in [-0.2, 0) is 33.7 Å². The summed E-state index contributed by atoms with van der Waals surface area (Å²) in [5.41, 5.74) is 1.31. The van der Waals surface area contributed by atoms with E-state index < -0.39 is 29.6 Å². The first-order chi connectivity index (χ1) is 21.4. The maximum absolute atomic E-state index is 13.2. The predicted octanol–water partition coefficient (Wildman–Crippen LogP) is 6.23. The number of carbonyl (C=O) groups excluding carboxylic acids is 2. The van der Waals surface area contributed by atoms with Crippen LogP contribution in [0.2, 0.25) is 0 Å². The molecule has 242 valence electrons. The van der Waals surface area contributed by atoms with Crippen molar-refractivity contribution in [2.75, 3.05) is 20.3 Å². The zero-order chi connectivity index (χ0) is 32.6. The number of nitrogens with zero attached hydrogens (tertiary/aromatic N) is 1. The zero-order valence-electron chi connectivity index (χ0n) is 26.9. The largest absolute Gasteiger partial charge is 0.493 e. The molecule has 2 atom stereocenters. The maximum atomic E-state index is 13.2. The molecule has 0 radical (unpaired) electrons. The zero-order valence-corrected chi connectivity index (χ0v) is 26.9. The number of benzene rings is 3. The molecule has 4 rings (SSSR count). The molecule has 3 aromatic carbocycles. The van der Waals surface area contributed by atoms with Crippen LogP contribution in [0.15, 0.2) is 72.8 Å². The summed E-state index contributed by atoms with van der Waals surface area (Å²) < 4.78 is 28.7. The van der Waals surface area contributed by atoms with Crippen molar-refractivity contribution in [2.24, 2.45) is 0 Å². The van der Waals surface area contributed by atoms with Crippen molar-refractivity contribution >= 4 is 12.2 Å². The van der Waals surface area contributed by atoms with Gasteiger partial charge in [0.25, 0.3) is 0 Å². The SMILES string of the molecule is COc1ccc(C[C@H]2COC(C)(C)N2C(=O)OCc2ccccc2)cc1Oc1ccc(C[C@@H](CO)NC(=O)OC(C)(C)C)cc1. The minimum Gasteiger partial charge on any atom is -0.493 e. The Labute approximate surface area is 265 Å². The number of nitrogens with one attached hydrogen (secondary N) is 1. The Morgan fingerprint density at radius 1 is 1.00 bits per heavy atom. The summed E-state index contributed by atoms with van der Waals surface area (Å²) in [6.07, 6.45) is -0.0653. The van der Waals surface area contributed by atoms with Crippen molar-refractivity contribution in [1.82, 2.24) is 10.2 Å². The van der Waals surface area contributed by atoms with E-state index in [4.69, 9.17) is 23.7 Å². The van der Waals surface area contributed by atoms with Crippen molar-refractivity contribution in [2.45, 2.75) is 77.5 Å². The van der Waals surface area contributed by atoms with Gasteiger partial charge in [-0.1, -0.05) is 48.5 Å². The number of alkyl carbamates (subject to hydrolysis) is 1. The van der Waals surface area contributed by atoms with E-state index in [2.05, 4.69) is 5.32 Å². The third kappa shape index (κ3) is 9.60. The number of ether oxygens (including phenoxy) is 5. The topological polar surface area (TPSA) is 116 Å². The van der Waals surface area contributed by atoms with E-state index >= 15 is 0 Å². The number of carbonyl (C=O) groups is 2. The highest BCUT2D eigenvalue weighted by Crippen LogP contribution is 2.35. The molecule has 0 bridgehead atoms. The van der Waals surface area contributed by atoms with Crippen LogP contribution in [0.1, 0.15) is 51.3 Å². The highest BCUT2D eigenvalue weighted by molar-refractivity contribution is 5.69. The number of rotatable bonds is 11. The Morgan fingerprint density at radius 3 is 2.33 bits per heavy atom. The van der Waals surface area contributed by atoms with Gasteiger partial charge >= 0.3 is 12.2 Å². The Balaban J connectivity index is 1.41. The van der Waals surface area contributed by atoms with Gasteiger partial charge in [0.05, 0.1) is 32.4 Å². The third-order valence-electron chi connectivity index (χ3n) is 7.25. The minimum atomic E-state index is -0.816. The van der Waals surface area contributed by atoms with Crippen LogP contribution in [0, 0.1) is 0 Å². The van der Waals surface area contributed by atoms with Gasteiger partial charge in [0, 0.05) is 0 Å². The lowest BCUT2D eigenvalue weighted by atomic mass is 10.0. The quantitative estimate of drug-likeness (QED) is 0.259. The van der Waals surface area contributed by atoms with Gasteiger partial charge in [0.15, 0.2) is 11.5 Å². The Bertz CT molecular complexity index is 1420. The van der Waals surface area contributed by atoms with Gasteiger partial charge in [-0.2, -0.15) is 0 Å². The molecule has 1 aliphatic rings. The number of methoxy groups -OCH3 is 1. The molecule has 45 heavy (non-hydrogen) atoms. The second-order valence-electron chi connectivity index (χ2n) is 12.5. The lowest BCUT2D eigenvalue weighted by molar-refractivity contribution is -0.0491. The van der Waals surface area contributed by atoms with E-state index in [1.54, 1.807) is 32.8 Å². The first-order valence-electron chi connectivity index (χ1n) is 15.0. The molecular formula is C35H44N2O8. The van der Waals surface area contributed by atoms with E-state index in [-0.39, 0.29) is 19.3 Å². The summed E-state index contributed by atoms with van der Waals surface area (Å²) in [7, 11) is 1.58. The van der Waals surface area contributed by atoms with Gasteiger partial charge in [-0.05, 0) is 88.4 Å². The number of aliphatic hydroxyl groups is 1. The first-order valence-corrected chi connectivity index (χ1v) is 15.0. The first kappa shape index (κ1) is 33.6. The van der Waals surface area contributed by atoms with Gasteiger partial charge in [-0.15, -0.1) is 0 Å². The molecule has 0 aliphatic carbocycles. The fourth-order valence-electron chi connectivity index (χ4n) is 5.13. The lowest BCUT2D eigenvalue weighted by Gasteiger charge is -2.32. The van der Waals surface area contributed by atoms with Gasteiger partial charge in [0.1, 0.15) is 23.7 Å². The number of amides is 2. The number of aliphatic hydroxyl groups excluding tert-OH is 1. The molecule has 1 saturated heterocycles. The van der Waals surface area contributed by atoms with Gasteiger partial charge in [-0.3, -0.25) is 4.90 Å². The molecule has 10 nitrogen and oxygen atoms in total. The average Bonchev–Trinajstić information content (AvgIpc) is 3.29. The Hall–Kier alpha value is -4.28. The van der Waals surface area contributed by atoms with Crippen LogP contribution < -0.4 is 14.8 Å². The van der Waals surface area contributed by atoms with Crippen LogP contribution in [0.25, 0.3) is 0 Å². The van der Waals surface area contributed by atoms with E-state index in [1.165, 1.54) is 0 Å². The van der Waals surface area contributed by atoms with Gasteiger partial charge in [0.2, 0.25) is 0 Å². The smallest absolute Gasteiger partial charge is 0.412 e. The van der Waals surface area contributed by atoms with Crippen LogP contribution in [0.3, 0.4) is 0 Å². The van der Waals surface area contributed by atoms with Crippen molar-refractivity contribution in [3.05, 3.63) is 89.5 Å². The minimum absolute atomic E-state index is 0.180. The number of hydrogen-bond donors (Lipinski definition) is 2. The molecule has 10 heteroatoms. The van der Waals surface area contributed by atoms with Crippen LogP contribution >= 0.6 is 0 Å². The second kappa shape index (κ2) is 14.7. The predicted molar refractivity (Wildman–Crippen MR) is 169 cm³/mol. The highest BCUT2D eigenvalue weighted by atomic mass is 16.6. The normalized spacial score (nSPS) is 16.5. The van der Waals surface area contributed by atoms with E-state index in [0.29, 0.717) is 36.7 Å². The maximum Gasteiger partial charge on any atom is 0.412 e. The van der Waals surface area contributed by atoms with Crippen LogP contribution in [0.5, 0.6) is 17.2 Å². The summed E-state index contributed by atoms with van der Waals surface area (Å²) in [6, 6.07) is 21.9. The molecule has 0 saturated carbocycles. The van der Waals surface area contributed by atoms with Crippen LogP contribution in [0.4, 0.5) is 9.59 Å². The molecule has 2 amide bonds. The highest BCUT2D eigenvalue weighted by Gasteiger charge is 2.44. The molecular weight excluding hydrogens is 576 g/mol. The standard InChI is InChI=1S/C35H44N2O8/c1-34(2,3)45-32(39)36-27(21-38)18-24-12-15-29(16-13-24)44-31-20-26(14-17-30(31)41-6)19-28-23-43-35(4,5)37(28)33(40)42-22-25-10-8-7-9-11-25/h7-17,20,27-28,38H,18-19,21-23H2,1-6H3,(H,36,39)/t27-,28-/m0/s1. The summed E-state index contributed by atoms with van der Waals surface area (Å²) in [6.45, 7) is 9.39. The fourth-order valence-corrected chi connectivity index (χ4v) is 5.13. The van der Waals surface area contributed by atoms with Gasteiger partial charge in [-0.25, -0.2) is 9.59 Å². The number of hydrogen-bond acceptors (Lipinski definition) is 8. The molecule has 2 N–H and O–H groups in total. The van der Waals surface area contributed by atoms with Crippen molar-refractivity contribution in [1.29, 1.82) is 0 Å². The van der Waals surface area contributed by atoms with Gasteiger partial charge < -0.3 is 34.1 Å². The summed E-state index contributed by atoms with van der Waals surface area (Å²) in [5.74, 6) is 1.68. The molecule has 1 heterocycles. The molecule has 3 aromatic rings. The average molecular weight is 621 g/mol. The van der Waals surface area contributed by atoms with E-state index in [9.17, 15) is 14.7 Å². The third-order valence-corrected chi connectivity index (χ3v) is 7.25. The van der Waals surface area contributed by atoms with Crippen molar-refractivity contribution < 1.29 is 38.4 Å². The molecule has 0 aromatic heterocycles. The molecule has 1 fully saturated rings. The van der Waals surface area contributed by atoms with E-state index in [0.717, 1.165) is 16.7 Å². The van der Waals surface area contributed by atoms with E-state index in [1.807, 2.05) is 86.6 Å². The fraction of sp³-hybridized carbons (Fsp3) is 0.429. The summed E-state index contributed by atoms with van der Waals surface area (Å²) >= 11 is 0. The van der Waals surface area contributed by atoms with Crippen molar-refractivity contribution in [3.63, 3.8) is 0 Å². The molecule has 0 spiro atoms.